The summed E-state index contributed by atoms with van der Waals surface area (Å²) in [6.07, 6.45) is 4.67. The summed E-state index contributed by atoms with van der Waals surface area (Å²) in [5, 5.41) is 3.47. The van der Waals surface area contributed by atoms with Gasteiger partial charge >= 0.3 is 0 Å². The van der Waals surface area contributed by atoms with Crippen molar-refractivity contribution in [3.05, 3.63) is 90.3 Å². The Labute approximate surface area is 137 Å². The summed E-state index contributed by atoms with van der Waals surface area (Å²) in [5.41, 5.74) is 2.52. The van der Waals surface area contributed by atoms with Crippen LogP contribution in [0.3, 0.4) is 0 Å². The lowest BCUT2D eigenvalue weighted by atomic mass is 10.2. The van der Waals surface area contributed by atoms with E-state index in [0.717, 1.165) is 31.0 Å². The van der Waals surface area contributed by atoms with Crippen molar-refractivity contribution in [2.45, 2.75) is 13.0 Å². The molecule has 0 radical (unpaired) electrons. The maximum atomic E-state index is 5.86. The smallest absolute Gasteiger partial charge is 0.127 e. The lowest BCUT2D eigenvalue weighted by Crippen LogP contribution is -2.16. The molecule has 1 N–H and O–H groups in total. The van der Waals surface area contributed by atoms with Gasteiger partial charge in [0.15, 0.2) is 0 Å². The van der Waals surface area contributed by atoms with E-state index in [4.69, 9.17) is 4.74 Å². The number of nitrogens with one attached hydrogen (secondary N) is 1. The summed E-state index contributed by atoms with van der Waals surface area (Å²) in [4.78, 5) is 4.03. The number of rotatable bonds is 7. The highest BCUT2D eigenvalue weighted by Gasteiger charge is 1.99. The van der Waals surface area contributed by atoms with E-state index in [1.54, 1.807) is 0 Å². The zero-order chi connectivity index (χ0) is 15.7. The van der Waals surface area contributed by atoms with Crippen LogP contribution in [0.15, 0.2) is 79.1 Å². The average molecular weight is 304 g/mol. The van der Waals surface area contributed by atoms with Gasteiger partial charge in [0.05, 0.1) is 0 Å². The molecule has 116 valence electrons. The number of hydrogen-bond donors (Lipinski definition) is 1. The molecule has 3 rings (SSSR count). The van der Waals surface area contributed by atoms with Crippen molar-refractivity contribution in [2.75, 3.05) is 6.54 Å². The minimum Gasteiger partial charge on any atom is -0.457 e. The molecule has 0 spiro atoms. The Morgan fingerprint density at radius 2 is 1.57 bits per heavy atom. The van der Waals surface area contributed by atoms with Crippen LogP contribution in [0.25, 0.3) is 0 Å². The van der Waals surface area contributed by atoms with Gasteiger partial charge in [-0.05, 0) is 60.5 Å². The molecule has 23 heavy (non-hydrogen) atoms. The van der Waals surface area contributed by atoms with Crippen molar-refractivity contribution in [3.63, 3.8) is 0 Å². The highest BCUT2D eigenvalue weighted by atomic mass is 16.5. The largest absolute Gasteiger partial charge is 0.457 e. The van der Waals surface area contributed by atoms with E-state index >= 15 is 0 Å². The van der Waals surface area contributed by atoms with Crippen molar-refractivity contribution in [1.29, 1.82) is 0 Å². The van der Waals surface area contributed by atoms with Crippen LogP contribution in [0.4, 0.5) is 0 Å². The predicted molar refractivity (Wildman–Crippen MR) is 92.6 cm³/mol. The molecule has 0 aliphatic carbocycles. The third-order valence-corrected chi connectivity index (χ3v) is 3.55. The van der Waals surface area contributed by atoms with Gasteiger partial charge in [-0.15, -0.1) is 0 Å². The first-order chi connectivity index (χ1) is 11.4. The molecule has 3 heteroatoms. The first kappa shape index (κ1) is 15.3. The van der Waals surface area contributed by atoms with E-state index in [1.165, 1.54) is 11.1 Å². The van der Waals surface area contributed by atoms with Crippen molar-refractivity contribution >= 4 is 0 Å². The van der Waals surface area contributed by atoms with Crippen LogP contribution in [-0.4, -0.2) is 11.5 Å². The van der Waals surface area contributed by atoms with Gasteiger partial charge in [0.2, 0.25) is 0 Å². The number of nitrogens with zero attached hydrogens (tertiary/aromatic N) is 1. The van der Waals surface area contributed by atoms with E-state index in [0.29, 0.717) is 0 Å². The highest BCUT2D eigenvalue weighted by Crippen LogP contribution is 2.21. The number of aromatic nitrogens is 1. The molecule has 0 aliphatic heterocycles. The summed E-state index contributed by atoms with van der Waals surface area (Å²) in [5.74, 6) is 1.72. The normalized spacial score (nSPS) is 10.4. The van der Waals surface area contributed by atoms with E-state index in [9.17, 15) is 0 Å². The average Bonchev–Trinajstić information content (AvgIpc) is 2.61. The van der Waals surface area contributed by atoms with E-state index in [-0.39, 0.29) is 0 Å². The molecule has 3 nitrogen and oxygen atoms in total. The maximum absolute atomic E-state index is 5.86. The molecule has 0 atom stereocenters. The quantitative estimate of drug-likeness (QED) is 0.664. The summed E-state index contributed by atoms with van der Waals surface area (Å²) >= 11 is 0. The van der Waals surface area contributed by atoms with Crippen molar-refractivity contribution in [2.24, 2.45) is 0 Å². The molecule has 0 unspecified atom stereocenters. The van der Waals surface area contributed by atoms with E-state index < -0.39 is 0 Å². The first-order valence-corrected chi connectivity index (χ1v) is 7.81. The van der Waals surface area contributed by atoms with Crippen LogP contribution in [0, 0.1) is 0 Å². The Bertz CT molecular complexity index is 714. The number of para-hydroxylation sites is 1. The topological polar surface area (TPSA) is 34.1 Å². The molecule has 0 fully saturated rings. The van der Waals surface area contributed by atoms with Crippen LogP contribution in [-0.2, 0) is 13.0 Å². The maximum Gasteiger partial charge on any atom is 0.127 e. The molecule has 0 saturated heterocycles. The zero-order valence-electron chi connectivity index (χ0n) is 13.0. The van der Waals surface area contributed by atoms with Crippen molar-refractivity contribution in [1.82, 2.24) is 10.3 Å². The van der Waals surface area contributed by atoms with Gasteiger partial charge in [-0.1, -0.05) is 30.3 Å². The number of pyridine rings is 1. The van der Waals surface area contributed by atoms with E-state index in [2.05, 4.69) is 34.6 Å². The Balaban J connectivity index is 1.49. The monoisotopic (exact) mass is 304 g/mol. The fraction of sp³-hybridized carbons (Fsp3) is 0.150. The minimum absolute atomic E-state index is 0.830. The third kappa shape index (κ3) is 4.94. The molecule has 0 saturated carbocycles. The molecular weight excluding hydrogens is 284 g/mol. The lowest BCUT2D eigenvalue weighted by Gasteiger charge is -2.09. The molecule has 0 aliphatic rings. The van der Waals surface area contributed by atoms with Crippen molar-refractivity contribution in [3.8, 4) is 11.5 Å². The third-order valence-electron chi connectivity index (χ3n) is 3.55. The van der Waals surface area contributed by atoms with Crippen LogP contribution in [0.1, 0.15) is 11.1 Å². The summed E-state index contributed by atoms with van der Waals surface area (Å²) in [7, 11) is 0. The summed E-state index contributed by atoms with van der Waals surface area (Å²) in [6.45, 7) is 1.77. The lowest BCUT2D eigenvalue weighted by molar-refractivity contribution is 0.481. The van der Waals surface area contributed by atoms with Crippen LogP contribution in [0.5, 0.6) is 11.5 Å². The van der Waals surface area contributed by atoms with Gasteiger partial charge in [0.25, 0.3) is 0 Å². The predicted octanol–water partition coefficient (Wildman–Crippen LogP) is 4.21. The van der Waals surface area contributed by atoms with E-state index in [1.807, 2.05) is 54.9 Å². The zero-order valence-corrected chi connectivity index (χ0v) is 13.0. The Morgan fingerprint density at radius 1 is 0.783 bits per heavy atom. The minimum atomic E-state index is 0.830. The van der Waals surface area contributed by atoms with Gasteiger partial charge in [0, 0.05) is 18.9 Å². The Hall–Kier alpha value is -2.65. The van der Waals surface area contributed by atoms with Gasteiger partial charge in [-0.2, -0.15) is 0 Å². The molecule has 3 aromatic rings. The molecule has 1 heterocycles. The van der Waals surface area contributed by atoms with Gasteiger partial charge in [0.1, 0.15) is 11.5 Å². The fourth-order valence-electron chi connectivity index (χ4n) is 2.36. The standard InChI is InChI=1S/C20H20N2O/c1-2-6-19(7-3-1)23-20-8-4-5-18(15-20)16-22-14-11-17-9-12-21-13-10-17/h1-10,12-13,15,22H,11,14,16H2. The highest BCUT2D eigenvalue weighted by molar-refractivity contribution is 5.33. The second-order valence-electron chi connectivity index (χ2n) is 5.34. The van der Waals surface area contributed by atoms with Crippen LogP contribution >= 0.6 is 0 Å². The molecule has 0 bridgehead atoms. The van der Waals surface area contributed by atoms with Gasteiger partial charge in [-0.25, -0.2) is 0 Å². The number of hydrogen-bond acceptors (Lipinski definition) is 3. The van der Waals surface area contributed by atoms with Gasteiger partial charge in [-0.3, -0.25) is 4.98 Å². The fourth-order valence-corrected chi connectivity index (χ4v) is 2.36. The van der Waals surface area contributed by atoms with Crippen LogP contribution in [0.2, 0.25) is 0 Å². The SMILES string of the molecule is c1ccc(Oc2cccc(CNCCc3ccncc3)c2)cc1. The summed E-state index contributed by atoms with van der Waals surface area (Å²) < 4.78 is 5.86. The summed E-state index contributed by atoms with van der Waals surface area (Å²) in [6, 6.07) is 22.1. The molecule has 1 aromatic heterocycles. The molecular formula is C20H20N2O. The Kier molecular flexibility index (Phi) is 5.38. The van der Waals surface area contributed by atoms with Crippen LogP contribution < -0.4 is 10.1 Å². The number of benzene rings is 2. The first-order valence-electron chi connectivity index (χ1n) is 7.81. The number of ether oxygens (including phenoxy) is 1. The van der Waals surface area contributed by atoms with Gasteiger partial charge < -0.3 is 10.1 Å². The Morgan fingerprint density at radius 3 is 2.39 bits per heavy atom. The van der Waals surface area contributed by atoms with Crippen molar-refractivity contribution < 1.29 is 4.74 Å². The molecule has 0 amide bonds. The second-order valence-corrected chi connectivity index (χ2v) is 5.34. The second kappa shape index (κ2) is 8.11. The molecule has 2 aromatic carbocycles.